The second-order valence-electron chi connectivity index (χ2n) is 12.6. The van der Waals surface area contributed by atoms with E-state index in [1.165, 1.54) is 51.4 Å². The predicted molar refractivity (Wildman–Crippen MR) is 127 cm³/mol. The molecule has 4 rings (SSSR count). The molecular formula is C29H46O. The van der Waals surface area contributed by atoms with Gasteiger partial charge in [-0.15, -0.1) is 0 Å². The van der Waals surface area contributed by atoms with Gasteiger partial charge in [0.15, 0.2) is 5.78 Å². The average molecular weight is 411 g/mol. The van der Waals surface area contributed by atoms with Crippen LogP contribution < -0.4 is 0 Å². The first-order valence-electron chi connectivity index (χ1n) is 13.0. The summed E-state index contributed by atoms with van der Waals surface area (Å²) < 4.78 is 0. The molecule has 0 unspecified atom stereocenters. The van der Waals surface area contributed by atoms with E-state index in [-0.39, 0.29) is 11.3 Å². The van der Waals surface area contributed by atoms with Crippen molar-refractivity contribution in [2.24, 2.45) is 39.9 Å². The van der Waals surface area contributed by atoms with Crippen molar-refractivity contribution in [3.8, 4) is 0 Å². The molecule has 0 aromatic heterocycles. The second kappa shape index (κ2) is 7.63. The fourth-order valence-corrected chi connectivity index (χ4v) is 8.55. The maximum Gasteiger partial charge on any atom is 0.162 e. The second-order valence-corrected chi connectivity index (χ2v) is 12.6. The van der Waals surface area contributed by atoms with Crippen LogP contribution in [0.2, 0.25) is 0 Å². The highest BCUT2D eigenvalue weighted by Crippen LogP contribution is 2.71. The highest BCUT2D eigenvalue weighted by molar-refractivity contribution is 5.98. The molecule has 0 amide bonds. The average Bonchev–Trinajstić information content (AvgIpc) is 2.96. The lowest BCUT2D eigenvalue weighted by Crippen LogP contribution is -2.49. The van der Waals surface area contributed by atoms with E-state index in [2.05, 4.69) is 47.6 Å². The van der Waals surface area contributed by atoms with Gasteiger partial charge in [0, 0.05) is 11.3 Å². The first-order chi connectivity index (χ1) is 14.0. The maximum atomic E-state index is 13.0. The van der Waals surface area contributed by atoms with Crippen LogP contribution in [0.5, 0.6) is 0 Å². The Morgan fingerprint density at radius 3 is 2.43 bits per heavy atom. The summed E-state index contributed by atoms with van der Waals surface area (Å²) in [4.78, 5) is 13.0. The van der Waals surface area contributed by atoms with Gasteiger partial charge < -0.3 is 0 Å². The summed E-state index contributed by atoms with van der Waals surface area (Å²) in [6, 6.07) is 0. The molecule has 30 heavy (non-hydrogen) atoms. The van der Waals surface area contributed by atoms with Crippen molar-refractivity contribution in [2.75, 3.05) is 0 Å². The Labute approximate surface area is 186 Å². The normalized spacial score (nSPS) is 42.0. The van der Waals surface area contributed by atoms with Gasteiger partial charge >= 0.3 is 0 Å². The molecular weight excluding hydrogens is 364 g/mol. The molecule has 0 aliphatic heterocycles. The van der Waals surface area contributed by atoms with Gasteiger partial charge in [0.1, 0.15) is 0 Å². The number of hydrogen-bond donors (Lipinski definition) is 0. The first kappa shape index (κ1) is 22.3. The number of hydrogen-bond acceptors (Lipinski definition) is 1. The zero-order valence-electron chi connectivity index (χ0n) is 20.9. The number of fused-ring (bicyclic) bond motifs is 4. The Morgan fingerprint density at radius 2 is 1.73 bits per heavy atom. The van der Waals surface area contributed by atoms with Gasteiger partial charge in [-0.3, -0.25) is 4.79 Å². The molecule has 4 aliphatic rings. The van der Waals surface area contributed by atoms with Gasteiger partial charge in [-0.25, -0.2) is 0 Å². The van der Waals surface area contributed by atoms with Gasteiger partial charge in [-0.2, -0.15) is 0 Å². The van der Waals surface area contributed by atoms with Gasteiger partial charge in [-0.1, -0.05) is 78.0 Å². The third-order valence-corrected chi connectivity index (χ3v) is 10.8. The molecule has 0 radical (unpaired) electrons. The molecule has 1 saturated carbocycles. The lowest BCUT2D eigenvalue weighted by atomic mass is 9.46. The van der Waals surface area contributed by atoms with Crippen LogP contribution in [0.1, 0.15) is 113 Å². The number of rotatable bonds is 5. The SMILES string of the molecule is CC1=CC[C@]2(C)C3=C(CC[C@H]2C1=O)[C@]1(C)CC[C@H]([C@H](C)CCCC(C)C)[C@@]1(C)CC3. The van der Waals surface area contributed by atoms with Crippen molar-refractivity contribution in [1.29, 1.82) is 0 Å². The fraction of sp³-hybridized carbons (Fsp3) is 0.828. The van der Waals surface area contributed by atoms with E-state index >= 15 is 0 Å². The van der Waals surface area contributed by atoms with Gasteiger partial charge in [0.25, 0.3) is 0 Å². The smallest absolute Gasteiger partial charge is 0.162 e. The maximum absolute atomic E-state index is 13.0. The molecule has 0 aromatic rings. The molecule has 4 aliphatic carbocycles. The summed E-state index contributed by atoms with van der Waals surface area (Å²) >= 11 is 0. The molecule has 1 nitrogen and oxygen atoms in total. The standard InChI is InChI=1S/C29H46O/c1-19(2)9-8-10-20(3)22-14-17-29(7)24-11-12-25-26(30)21(4)13-16-27(25,5)23(24)15-18-28(22,29)6/h13,19-20,22,25H,8-12,14-18H2,1-7H3/t20-,22-,25+,27-,28-,29+/m1/s1. The quantitative estimate of drug-likeness (QED) is 0.416. The molecule has 0 N–H and O–H groups in total. The Kier molecular flexibility index (Phi) is 5.68. The predicted octanol–water partition coefficient (Wildman–Crippen LogP) is 8.30. The Balaban J connectivity index is 1.63. The molecule has 0 heterocycles. The monoisotopic (exact) mass is 410 g/mol. The van der Waals surface area contributed by atoms with E-state index in [1.807, 2.05) is 6.92 Å². The number of carbonyl (C=O) groups excluding carboxylic acids is 1. The van der Waals surface area contributed by atoms with Crippen LogP contribution in [0.25, 0.3) is 0 Å². The Hall–Kier alpha value is -0.850. The van der Waals surface area contributed by atoms with Crippen molar-refractivity contribution in [3.05, 3.63) is 22.8 Å². The topological polar surface area (TPSA) is 17.1 Å². The molecule has 1 fully saturated rings. The largest absolute Gasteiger partial charge is 0.294 e. The minimum atomic E-state index is 0.0927. The first-order valence-corrected chi connectivity index (χ1v) is 13.0. The Bertz CT molecular complexity index is 769. The molecule has 1 heteroatoms. The number of ketones is 1. The van der Waals surface area contributed by atoms with Crippen LogP contribution in [0.15, 0.2) is 22.8 Å². The lowest BCUT2D eigenvalue weighted by molar-refractivity contribution is -0.124. The molecule has 0 aromatic carbocycles. The molecule has 0 spiro atoms. The minimum absolute atomic E-state index is 0.0927. The van der Waals surface area contributed by atoms with Crippen molar-refractivity contribution in [2.45, 2.75) is 113 Å². The van der Waals surface area contributed by atoms with E-state index in [0.29, 0.717) is 16.6 Å². The molecule has 168 valence electrons. The van der Waals surface area contributed by atoms with Gasteiger partial charge in [0.2, 0.25) is 0 Å². The number of allylic oxidation sites excluding steroid dienone is 4. The van der Waals surface area contributed by atoms with E-state index < -0.39 is 0 Å². The van der Waals surface area contributed by atoms with Crippen LogP contribution in [0, 0.1) is 39.9 Å². The summed E-state index contributed by atoms with van der Waals surface area (Å²) in [6.45, 7) is 17.0. The fourth-order valence-electron chi connectivity index (χ4n) is 8.55. The van der Waals surface area contributed by atoms with E-state index in [4.69, 9.17) is 0 Å². The summed E-state index contributed by atoms with van der Waals surface area (Å²) in [7, 11) is 0. The highest BCUT2D eigenvalue weighted by atomic mass is 16.1. The van der Waals surface area contributed by atoms with Crippen molar-refractivity contribution >= 4 is 5.78 Å². The van der Waals surface area contributed by atoms with Crippen molar-refractivity contribution in [1.82, 2.24) is 0 Å². The van der Waals surface area contributed by atoms with Crippen LogP contribution in [-0.2, 0) is 4.79 Å². The third kappa shape index (κ3) is 3.12. The molecule has 0 saturated heterocycles. The summed E-state index contributed by atoms with van der Waals surface area (Å²) in [5, 5.41) is 0. The number of Topliss-reactive ketones (excluding diaryl/α,β-unsaturated/α-hetero) is 1. The Morgan fingerprint density at radius 1 is 1.00 bits per heavy atom. The van der Waals surface area contributed by atoms with Crippen LogP contribution >= 0.6 is 0 Å². The van der Waals surface area contributed by atoms with E-state index in [1.54, 1.807) is 11.1 Å². The van der Waals surface area contributed by atoms with Crippen LogP contribution in [0.3, 0.4) is 0 Å². The summed E-state index contributed by atoms with van der Waals surface area (Å²) in [6.07, 6.45) is 15.1. The number of carbonyl (C=O) groups is 1. The summed E-state index contributed by atoms with van der Waals surface area (Å²) in [5.41, 5.74) is 5.41. The summed E-state index contributed by atoms with van der Waals surface area (Å²) in [5.74, 6) is 3.21. The van der Waals surface area contributed by atoms with Crippen molar-refractivity contribution in [3.63, 3.8) is 0 Å². The van der Waals surface area contributed by atoms with Crippen LogP contribution in [0.4, 0.5) is 0 Å². The third-order valence-electron chi connectivity index (χ3n) is 10.8. The lowest BCUT2D eigenvalue weighted by Gasteiger charge is -2.57. The van der Waals surface area contributed by atoms with Crippen LogP contribution in [-0.4, -0.2) is 5.78 Å². The zero-order valence-corrected chi connectivity index (χ0v) is 20.9. The molecule has 0 bridgehead atoms. The highest BCUT2D eigenvalue weighted by Gasteiger charge is 2.61. The molecule has 6 atom stereocenters. The minimum Gasteiger partial charge on any atom is -0.294 e. The zero-order chi connectivity index (χ0) is 21.9. The van der Waals surface area contributed by atoms with E-state index in [0.717, 1.165) is 36.2 Å². The van der Waals surface area contributed by atoms with Crippen molar-refractivity contribution < 1.29 is 4.79 Å². The van der Waals surface area contributed by atoms with Gasteiger partial charge in [-0.05, 0) is 86.0 Å². The van der Waals surface area contributed by atoms with Gasteiger partial charge in [0.05, 0.1) is 0 Å². The van der Waals surface area contributed by atoms with E-state index in [9.17, 15) is 4.79 Å².